The van der Waals surface area contributed by atoms with Gasteiger partial charge in [-0.05, 0) is 29.9 Å². The second-order valence-electron chi connectivity index (χ2n) is 5.98. The summed E-state index contributed by atoms with van der Waals surface area (Å²) in [6.45, 7) is 1.83. The Morgan fingerprint density at radius 2 is 2.19 bits per heavy atom. The predicted octanol–water partition coefficient (Wildman–Crippen LogP) is 2.68. The van der Waals surface area contributed by atoms with Crippen molar-refractivity contribution in [3.63, 3.8) is 0 Å². The zero-order chi connectivity index (χ0) is 14.2. The van der Waals surface area contributed by atoms with E-state index >= 15 is 0 Å². The van der Waals surface area contributed by atoms with Crippen molar-refractivity contribution in [1.82, 2.24) is 19.7 Å². The summed E-state index contributed by atoms with van der Waals surface area (Å²) in [7, 11) is 1.96. The molecule has 4 nitrogen and oxygen atoms in total. The van der Waals surface area contributed by atoms with Crippen molar-refractivity contribution in [3.8, 4) is 0 Å². The van der Waals surface area contributed by atoms with E-state index in [1.807, 2.05) is 17.9 Å². The number of hydrogen-bond donors (Lipinski definition) is 1. The summed E-state index contributed by atoms with van der Waals surface area (Å²) < 4.78 is 4.19. The first kappa shape index (κ1) is 12.7. The molecule has 2 heterocycles. The average molecular weight is 280 g/mol. The quantitative estimate of drug-likeness (QED) is 0.780. The number of aryl methyl sites for hydroxylation is 1. The van der Waals surface area contributed by atoms with Gasteiger partial charge in [-0.15, -0.1) is 0 Å². The molecule has 4 rings (SSSR count). The minimum absolute atomic E-state index is 0.738. The fourth-order valence-corrected chi connectivity index (χ4v) is 2.91. The van der Waals surface area contributed by atoms with Crippen LogP contribution in [0.5, 0.6) is 0 Å². The molecule has 1 aliphatic rings. The first-order valence-corrected chi connectivity index (χ1v) is 7.57. The zero-order valence-electron chi connectivity index (χ0n) is 12.3. The summed E-state index contributed by atoms with van der Waals surface area (Å²) in [5.74, 6) is 0. The van der Waals surface area contributed by atoms with Crippen LogP contribution in [0, 0.1) is 0 Å². The topological polar surface area (TPSA) is 34.8 Å². The van der Waals surface area contributed by atoms with Gasteiger partial charge in [0, 0.05) is 37.6 Å². The van der Waals surface area contributed by atoms with Crippen molar-refractivity contribution < 1.29 is 0 Å². The molecular weight excluding hydrogens is 260 g/mol. The monoisotopic (exact) mass is 280 g/mol. The molecule has 0 bridgehead atoms. The molecule has 0 atom stereocenters. The summed E-state index contributed by atoms with van der Waals surface area (Å²) in [4.78, 5) is 0. The molecule has 1 aromatic carbocycles. The zero-order valence-corrected chi connectivity index (χ0v) is 12.3. The van der Waals surface area contributed by atoms with Crippen molar-refractivity contribution in [1.29, 1.82) is 0 Å². The summed E-state index contributed by atoms with van der Waals surface area (Å²) in [5, 5.41) is 9.19. The molecule has 0 unspecified atom stereocenters. The summed E-state index contributed by atoms with van der Waals surface area (Å²) >= 11 is 0. The molecule has 0 spiro atoms. The maximum atomic E-state index is 4.26. The normalized spacial score (nSPS) is 14.9. The van der Waals surface area contributed by atoms with E-state index in [1.54, 1.807) is 0 Å². The van der Waals surface area contributed by atoms with Gasteiger partial charge in [-0.2, -0.15) is 5.10 Å². The van der Waals surface area contributed by atoms with Crippen LogP contribution in [0.4, 0.5) is 0 Å². The lowest BCUT2D eigenvalue weighted by atomic mass is 10.1. The molecule has 2 aromatic heterocycles. The van der Waals surface area contributed by atoms with E-state index in [4.69, 9.17) is 0 Å². The molecule has 1 saturated carbocycles. The van der Waals surface area contributed by atoms with Crippen molar-refractivity contribution in [2.24, 2.45) is 7.05 Å². The number of hydrogen-bond acceptors (Lipinski definition) is 2. The van der Waals surface area contributed by atoms with Gasteiger partial charge in [0.1, 0.15) is 0 Å². The van der Waals surface area contributed by atoms with E-state index < -0.39 is 0 Å². The van der Waals surface area contributed by atoms with E-state index in [2.05, 4.69) is 51.6 Å². The number of aromatic nitrogens is 3. The fourth-order valence-electron chi connectivity index (χ4n) is 2.91. The van der Waals surface area contributed by atoms with Gasteiger partial charge in [0.15, 0.2) is 0 Å². The minimum Gasteiger partial charge on any atom is -0.343 e. The van der Waals surface area contributed by atoms with E-state index in [1.165, 1.54) is 34.9 Å². The molecule has 108 valence electrons. The lowest BCUT2D eigenvalue weighted by molar-refractivity contribution is 0.687. The Kier molecular flexibility index (Phi) is 3.04. The first-order valence-electron chi connectivity index (χ1n) is 7.57. The highest BCUT2D eigenvalue weighted by molar-refractivity contribution is 5.83. The van der Waals surface area contributed by atoms with Gasteiger partial charge in [0.25, 0.3) is 0 Å². The van der Waals surface area contributed by atoms with E-state index in [-0.39, 0.29) is 0 Å². The van der Waals surface area contributed by atoms with Crippen LogP contribution in [0.2, 0.25) is 0 Å². The van der Waals surface area contributed by atoms with Gasteiger partial charge < -0.3 is 9.88 Å². The second-order valence-corrected chi connectivity index (χ2v) is 5.98. The van der Waals surface area contributed by atoms with Crippen LogP contribution in [0.3, 0.4) is 0 Å². The van der Waals surface area contributed by atoms with Crippen LogP contribution < -0.4 is 5.32 Å². The van der Waals surface area contributed by atoms with E-state index in [9.17, 15) is 0 Å². The maximum absolute atomic E-state index is 4.26. The van der Waals surface area contributed by atoms with Gasteiger partial charge in [0.05, 0.1) is 18.3 Å². The van der Waals surface area contributed by atoms with Gasteiger partial charge in [-0.1, -0.05) is 18.2 Å². The number of nitrogens with zero attached hydrogens (tertiary/aromatic N) is 3. The Labute approximate surface area is 124 Å². The summed E-state index contributed by atoms with van der Waals surface area (Å²) in [6, 6.07) is 9.52. The lowest BCUT2D eigenvalue weighted by Gasteiger charge is -2.10. The molecule has 0 radical (unpaired) electrons. The largest absolute Gasteiger partial charge is 0.343 e. The van der Waals surface area contributed by atoms with Crippen molar-refractivity contribution in [2.45, 2.75) is 32.0 Å². The standard InChI is InChI=1S/C17H20N4/c1-20-11-13(9-19-20)12-21-8-7-14-3-2-4-15(17(14)21)10-18-16-5-6-16/h2-4,7-9,11,16,18H,5-6,10,12H2,1H3. The van der Waals surface area contributed by atoms with Gasteiger partial charge >= 0.3 is 0 Å². The Balaban J connectivity index is 1.67. The number of para-hydroxylation sites is 1. The SMILES string of the molecule is Cn1cc(Cn2ccc3cccc(CNC4CC4)c32)cn1. The number of benzene rings is 1. The van der Waals surface area contributed by atoms with Crippen LogP contribution in [0.15, 0.2) is 42.9 Å². The van der Waals surface area contributed by atoms with Crippen molar-refractivity contribution >= 4 is 10.9 Å². The Morgan fingerprint density at radius 3 is 2.95 bits per heavy atom. The van der Waals surface area contributed by atoms with Crippen LogP contribution in [0.1, 0.15) is 24.0 Å². The Hall–Kier alpha value is -2.07. The third kappa shape index (κ3) is 2.59. The molecule has 3 aromatic rings. The predicted molar refractivity (Wildman–Crippen MR) is 84.1 cm³/mol. The Bertz CT molecular complexity index is 764. The number of nitrogens with one attached hydrogen (secondary N) is 1. The van der Waals surface area contributed by atoms with E-state index in [0.29, 0.717) is 0 Å². The summed E-state index contributed by atoms with van der Waals surface area (Å²) in [5.41, 5.74) is 3.96. The lowest BCUT2D eigenvalue weighted by Crippen LogP contribution is -2.16. The van der Waals surface area contributed by atoms with Crippen LogP contribution in [-0.2, 0) is 20.1 Å². The smallest absolute Gasteiger partial charge is 0.0539 e. The first-order chi connectivity index (χ1) is 10.3. The fraction of sp³-hybridized carbons (Fsp3) is 0.353. The highest BCUT2D eigenvalue weighted by Gasteiger charge is 2.20. The van der Waals surface area contributed by atoms with Gasteiger partial charge in [-0.3, -0.25) is 4.68 Å². The highest BCUT2D eigenvalue weighted by atomic mass is 15.2. The Morgan fingerprint density at radius 1 is 1.29 bits per heavy atom. The molecule has 0 aliphatic heterocycles. The molecule has 1 N–H and O–H groups in total. The summed E-state index contributed by atoms with van der Waals surface area (Å²) in [6.07, 6.45) is 8.85. The van der Waals surface area contributed by atoms with Gasteiger partial charge in [0.2, 0.25) is 0 Å². The average Bonchev–Trinajstić information content (AvgIpc) is 3.10. The van der Waals surface area contributed by atoms with Crippen molar-refractivity contribution in [2.75, 3.05) is 0 Å². The van der Waals surface area contributed by atoms with Crippen LogP contribution in [-0.4, -0.2) is 20.4 Å². The number of rotatable bonds is 5. The molecule has 4 heteroatoms. The third-order valence-corrected chi connectivity index (χ3v) is 4.14. The molecule has 1 aliphatic carbocycles. The minimum atomic E-state index is 0.738. The van der Waals surface area contributed by atoms with Crippen LogP contribution in [0.25, 0.3) is 10.9 Å². The molecule has 0 amide bonds. The molecule has 21 heavy (non-hydrogen) atoms. The highest BCUT2D eigenvalue weighted by Crippen LogP contribution is 2.24. The van der Waals surface area contributed by atoms with Crippen molar-refractivity contribution in [3.05, 3.63) is 54.0 Å². The molecule has 1 fully saturated rings. The third-order valence-electron chi connectivity index (χ3n) is 4.14. The van der Waals surface area contributed by atoms with Gasteiger partial charge in [-0.25, -0.2) is 0 Å². The maximum Gasteiger partial charge on any atom is 0.0539 e. The van der Waals surface area contributed by atoms with Crippen LogP contribution >= 0.6 is 0 Å². The second kappa shape index (κ2) is 5.04. The molecular formula is C17H20N4. The number of fused-ring (bicyclic) bond motifs is 1. The van der Waals surface area contributed by atoms with E-state index in [0.717, 1.165) is 19.1 Å². The molecule has 0 saturated heterocycles.